The molecular formula is C26H35Br2N5. The van der Waals surface area contributed by atoms with E-state index in [1.807, 2.05) is 0 Å². The van der Waals surface area contributed by atoms with Gasteiger partial charge in [-0.3, -0.25) is 0 Å². The molecular weight excluding hydrogens is 542 g/mol. The number of benzene rings is 2. The third-order valence-electron chi connectivity index (χ3n) is 7.14. The summed E-state index contributed by atoms with van der Waals surface area (Å²) in [5.74, 6) is 1.70. The average molecular weight is 577 g/mol. The van der Waals surface area contributed by atoms with Crippen LogP contribution in [0, 0.1) is 17.4 Å². The van der Waals surface area contributed by atoms with Crippen LogP contribution in [-0.4, -0.2) is 12.4 Å². The molecule has 0 saturated carbocycles. The lowest BCUT2D eigenvalue weighted by atomic mass is 9.64. The highest BCUT2D eigenvalue weighted by Crippen LogP contribution is 2.55. The van der Waals surface area contributed by atoms with E-state index in [-0.39, 0.29) is 5.41 Å². The van der Waals surface area contributed by atoms with E-state index in [0.717, 1.165) is 28.2 Å². The van der Waals surface area contributed by atoms with Crippen LogP contribution in [0.3, 0.4) is 0 Å². The number of anilines is 2. The van der Waals surface area contributed by atoms with Crippen molar-refractivity contribution < 1.29 is 0 Å². The first kappa shape index (κ1) is 25.9. The Morgan fingerprint density at radius 2 is 1.61 bits per heavy atom. The van der Waals surface area contributed by atoms with Crippen LogP contribution in [0.25, 0.3) is 0 Å². The summed E-state index contributed by atoms with van der Waals surface area (Å²) in [5.41, 5.74) is 18.1. The SMILES string of the molecule is CCCC1(CCC(C)C(C)C)c2cc(Br)ccc2N(CCC(N)=NN=N)c2ccc(Br)cc21. The number of hydrogen-bond acceptors (Lipinski definition) is 3. The lowest BCUT2D eigenvalue weighted by molar-refractivity contribution is 0.323. The molecule has 7 heteroatoms. The monoisotopic (exact) mass is 575 g/mol. The lowest BCUT2D eigenvalue weighted by Crippen LogP contribution is -2.38. The highest BCUT2D eigenvalue weighted by molar-refractivity contribution is 9.10. The van der Waals surface area contributed by atoms with Gasteiger partial charge >= 0.3 is 0 Å². The van der Waals surface area contributed by atoms with Gasteiger partial charge < -0.3 is 10.6 Å². The number of fused-ring (bicyclic) bond motifs is 2. The van der Waals surface area contributed by atoms with E-state index in [9.17, 15) is 0 Å². The number of rotatable bonds is 10. The molecule has 0 aromatic heterocycles. The second-order valence-corrected chi connectivity index (χ2v) is 11.3. The van der Waals surface area contributed by atoms with Crippen molar-refractivity contribution in [2.75, 3.05) is 11.4 Å². The summed E-state index contributed by atoms with van der Waals surface area (Å²) in [6.45, 7) is 9.99. The predicted molar refractivity (Wildman–Crippen MR) is 146 cm³/mol. The van der Waals surface area contributed by atoms with Crippen molar-refractivity contribution >= 4 is 49.1 Å². The summed E-state index contributed by atoms with van der Waals surface area (Å²) < 4.78 is 2.21. The maximum absolute atomic E-state index is 6.98. The molecule has 3 N–H and O–H groups in total. The topological polar surface area (TPSA) is 77.8 Å². The molecule has 33 heavy (non-hydrogen) atoms. The maximum Gasteiger partial charge on any atom is 0.125 e. The van der Waals surface area contributed by atoms with Crippen molar-refractivity contribution in [1.29, 1.82) is 5.53 Å². The molecule has 0 saturated heterocycles. The molecule has 178 valence electrons. The fourth-order valence-electron chi connectivity index (χ4n) is 5.01. The maximum atomic E-state index is 6.98. The van der Waals surface area contributed by atoms with Gasteiger partial charge in [0.2, 0.25) is 0 Å². The van der Waals surface area contributed by atoms with Crippen molar-refractivity contribution in [2.45, 2.75) is 65.2 Å². The summed E-state index contributed by atoms with van der Waals surface area (Å²) in [6, 6.07) is 13.3. The third kappa shape index (κ3) is 5.51. The third-order valence-corrected chi connectivity index (χ3v) is 8.13. The molecule has 0 amide bonds. The molecule has 1 unspecified atom stereocenters. The second kappa shape index (κ2) is 11.1. The van der Waals surface area contributed by atoms with E-state index in [1.54, 1.807) is 0 Å². The molecule has 2 aromatic carbocycles. The van der Waals surface area contributed by atoms with Crippen LogP contribution in [0.2, 0.25) is 0 Å². The second-order valence-electron chi connectivity index (χ2n) is 9.51. The Balaban J connectivity index is 2.19. The minimum atomic E-state index is -0.0528. The Labute approximate surface area is 215 Å². The fraction of sp³-hybridized carbons (Fsp3) is 0.500. The highest BCUT2D eigenvalue weighted by Gasteiger charge is 2.42. The van der Waals surface area contributed by atoms with Crippen LogP contribution in [0.5, 0.6) is 0 Å². The Hall–Kier alpha value is -1.73. The molecule has 3 rings (SSSR count). The number of nitrogens with one attached hydrogen (secondary N) is 1. The summed E-state index contributed by atoms with van der Waals surface area (Å²) in [6.07, 6.45) is 5.04. The largest absolute Gasteiger partial charge is 0.386 e. The first-order valence-electron chi connectivity index (χ1n) is 11.8. The summed E-state index contributed by atoms with van der Waals surface area (Å²) in [4.78, 5) is 2.36. The predicted octanol–water partition coefficient (Wildman–Crippen LogP) is 8.51. The Kier molecular flexibility index (Phi) is 8.73. The smallest absolute Gasteiger partial charge is 0.125 e. The van der Waals surface area contributed by atoms with Crippen molar-refractivity contribution in [2.24, 2.45) is 27.9 Å². The number of nitrogens with two attached hydrogens (primary N) is 1. The van der Waals surface area contributed by atoms with E-state index >= 15 is 0 Å². The summed E-state index contributed by atoms with van der Waals surface area (Å²) >= 11 is 7.51. The minimum Gasteiger partial charge on any atom is -0.386 e. The molecule has 0 spiro atoms. The van der Waals surface area contributed by atoms with Gasteiger partial charge in [0, 0.05) is 38.7 Å². The molecule has 1 heterocycles. The van der Waals surface area contributed by atoms with E-state index < -0.39 is 0 Å². The zero-order valence-corrected chi connectivity index (χ0v) is 23.2. The van der Waals surface area contributed by atoms with Crippen molar-refractivity contribution in [1.82, 2.24) is 0 Å². The quantitative estimate of drug-likeness (QED) is 0.129. The van der Waals surface area contributed by atoms with Crippen molar-refractivity contribution in [3.05, 3.63) is 56.5 Å². The number of hydrogen-bond donors (Lipinski definition) is 2. The van der Waals surface area contributed by atoms with Crippen LogP contribution in [0.15, 0.2) is 55.7 Å². The van der Waals surface area contributed by atoms with Gasteiger partial charge in [-0.1, -0.05) is 71.2 Å². The number of halogens is 2. The Morgan fingerprint density at radius 1 is 1.03 bits per heavy atom. The molecule has 1 atom stereocenters. The van der Waals surface area contributed by atoms with Crippen LogP contribution in [0.1, 0.15) is 70.9 Å². The highest BCUT2D eigenvalue weighted by atomic mass is 79.9. The summed E-state index contributed by atoms with van der Waals surface area (Å²) in [5, 5.41) is 6.81. The fourth-order valence-corrected chi connectivity index (χ4v) is 5.73. The van der Waals surface area contributed by atoms with Crippen molar-refractivity contribution in [3.63, 3.8) is 0 Å². The van der Waals surface area contributed by atoms with Gasteiger partial charge in [-0.2, -0.15) is 5.53 Å². The minimum absolute atomic E-state index is 0.0528. The molecule has 0 aliphatic carbocycles. The van der Waals surface area contributed by atoms with Crippen LogP contribution < -0.4 is 10.6 Å². The first-order chi connectivity index (χ1) is 15.7. The van der Waals surface area contributed by atoms with Crippen LogP contribution in [-0.2, 0) is 5.41 Å². The average Bonchev–Trinajstić information content (AvgIpc) is 2.77. The van der Waals surface area contributed by atoms with Crippen LogP contribution >= 0.6 is 31.9 Å². The Morgan fingerprint density at radius 3 is 2.09 bits per heavy atom. The standard InChI is InChI=1S/C26H35Br2N5/c1-5-12-26(13-10-18(4)17(2)3)21-15-19(27)6-8-23(21)33(14-11-25(29)31-32-30)24-9-7-20(28)16-22(24)26/h6-9,15-18H,5,10-14H2,1-4H3,(H3,29,30,31). The number of amidine groups is 1. The van der Waals surface area contributed by atoms with Gasteiger partial charge in [-0.25, -0.2) is 0 Å². The zero-order chi connectivity index (χ0) is 24.2. The van der Waals surface area contributed by atoms with Gasteiger partial charge in [0.15, 0.2) is 0 Å². The van der Waals surface area contributed by atoms with Gasteiger partial charge in [0.05, 0.1) is 0 Å². The van der Waals surface area contributed by atoms with Crippen LogP contribution in [0.4, 0.5) is 11.4 Å². The Bertz CT molecular complexity index is 964. The molecule has 0 radical (unpaired) electrons. The van der Waals surface area contributed by atoms with E-state index in [0.29, 0.717) is 30.6 Å². The van der Waals surface area contributed by atoms with Gasteiger partial charge in [0.1, 0.15) is 5.84 Å². The van der Waals surface area contributed by atoms with Gasteiger partial charge in [0.25, 0.3) is 0 Å². The van der Waals surface area contributed by atoms with Gasteiger partial charge in [-0.05, 0) is 78.6 Å². The molecule has 2 aromatic rings. The molecule has 0 fully saturated rings. The first-order valence-corrected chi connectivity index (χ1v) is 13.4. The lowest BCUT2D eigenvalue weighted by Gasteiger charge is -2.46. The number of nitrogens with zero attached hydrogens (tertiary/aromatic N) is 3. The molecule has 1 aliphatic heterocycles. The molecule has 5 nitrogen and oxygen atoms in total. The molecule has 0 bridgehead atoms. The summed E-state index contributed by atoms with van der Waals surface area (Å²) in [7, 11) is 0. The van der Waals surface area contributed by atoms with E-state index in [2.05, 4.69) is 111 Å². The van der Waals surface area contributed by atoms with Crippen molar-refractivity contribution in [3.8, 4) is 0 Å². The normalized spacial score (nSPS) is 15.8. The van der Waals surface area contributed by atoms with E-state index in [1.165, 1.54) is 28.9 Å². The van der Waals surface area contributed by atoms with Gasteiger partial charge in [-0.15, -0.1) is 5.10 Å². The molecule has 1 aliphatic rings. The van der Waals surface area contributed by atoms with E-state index in [4.69, 9.17) is 11.3 Å². The zero-order valence-electron chi connectivity index (χ0n) is 20.0.